The van der Waals surface area contributed by atoms with E-state index < -0.39 is 0 Å². The molecule has 0 aliphatic heterocycles. The third-order valence-electron chi connectivity index (χ3n) is 2.87. The van der Waals surface area contributed by atoms with E-state index in [1.165, 1.54) is 12.1 Å². The predicted molar refractivity (Wildman–Crippen MR) is 66.8 cm³/mol. The summed E-state index contributed by atoms with van der Waals surface area (Å²) in [6.07, 6.45) is 2.55. The zero-order valence-electron chi connectivity index (χ0n) is 9.82. The first-order valence-electron chi connectivity index (χ1n) is 5.58. The van der Waals surface area contributed by atoms with E-state index in [1.807, 2.05) is 24.6 Å². The Balaban J connectivity index is 2.49. The molecule has 0 saturated carbocycles. The van der Waals surface area contributed by atoms with Crippen molar-refractivity contribution in [2.45, 2.75) is 26.3 Å². The van der Waals surface area contributed by atoms with Crippen LogP contribution in [-0.2, 0) is 0 Å². The summed E-state index contributed by atoms with van der Waals surface area (Å²) < 4.78 is 15.2. The van der Waals surface area contributed by atoms with E-state index in [2.05, 4.69) is 5.10 Å². The fourth-order valence-corrected chi connectivity index (χ4v) is 2.24. The molecule has 0 bridgehead atoms. The molecule has 0 radical (unpaired) electrons. The molecular weight excluding hydrogens is 239 g/mol. The number of hydrogen-bond acceptors (Lipinski definition) is 1. The van der Waals surface area contributed by atoms with Crippen LogP contribution in [0.5, 0.6) is 0 Å². The highest BCUT2D eigenvalue weighted by atomic mass is 35.5. The summed E-state index contributed by atoms with van der Waals surface area (Å²) in [5, 5.41) is 4.85. The summed E-state index contributed by atoms with van der Waals surface area (Å²) in [6, 6.07) is 6.35. The Hall–Kier alpha value is -1.35. The first kappa shape index (κ1) is 12.1. The van der Waals surface area contributed by atoms with Crippen molar-refractivity contribution in [2.75, 3.05) is 0 Å². The van der Waals surface area contributed by atoms with Gasteiger partial charge in [-0.2, -0.15) is 5.10 Å². The van der Waals surface area contributed by atoms with E-state index in [9.17, 15) is 4.39 Å². The van der Waals surface area contributed by atoms with Gasteiger partial charge in [-0.15, -0.1) is 0 Å². The maximum Gasteiger partial charge on any atom is 0.123 e. The number of aromatic nitrogens is 2. The molecule has 0 spiro atoms. The molecule has 0 fully saturated rings. The number of rotatable bonds is 3. The van der Waals surface area contributed by atoms with Gasteiger partial charge in [0.05, 0.1) is 6.04 Å². The topological polar surface area (TPSA) is 17.8 Å². The monoisotopic (exact) mass is 252 g/mol. The van der Waals surface area contributed by atoms with Gasteiger partial charge in [-0.3, -0.25) is 4.68 Å². The van der Waals surface area contributed by atoms with Crippen LogP contribution < -0.4 is 0 Å². The Kier molecular flexibility index (Phi) is 3.48. The number of aryl methyl sites for hydroxylation is 1. The fraction of sp³-hybridized carbons (Fsp3) is 0.308. The molecule has 90 valence electrons. The first-order chi connectivity index (χ1) is 8.13. The second kappa shape index (κ2) is 4.88. The Morgan fingerprint density at radius 1 is 1.41 bits per heavy atom. The second-order valence-corrected chi connectivity index (χ2v) is 4.41. The van der Waals surface area contributed by atoms with Gasteiger partial charge in [0.15, 0.2) is 0 Å². The van der Waals surface area contributed by atoms with E-state index in [4.69, 9.17) is 11.6 Å². The fourth-order valence-electron chi connectivity index (χ4n) is 2.00. The van der Waals surface area contributed by atoms with Gasteiger partial charge in [-0.05, 0) is 43.2 Å². The van der Waals surface area contributed by atoms with Crippen LogP contribution in [0.25, 0.3) is 0 Å². The van der Waals surface area contributed by atoms with Crippen LogP contribution in [0, 0.1) is 12.7 Å². The summed E-state index contributed by atoms with van der Waals surface area (Å²) in [7, 11) is 0. The molecule has 1 aromatic carbocycles. The van der Waals surface area contributed by atoms with Crippen LogP contribution in [0.1, 0.15) is 30.6 Å². The highest BCUT2D eigenvalue weighted by molar-refractivity contribution is 6.31. The molecule has 2 rings (SSSR count). The van der Waals surface area contributed by atoms with Crippen molar-refractivity contribution >= 4 is 11.6 Å². The molecular formula is C13H14ClFN2. The Labute approximate surface area is 105 Å². The highest BCUT2D eigenvalue weighted by Crippen LogP contribution is 2.29. The number of nitrogens with zero attached hydrogens (tertiary/aromatic N) is 2. The smallest absolute Gasteiger partial charge is 0.123 e. The zero-order valence-corrected chi connectivity index (χ0v) is 10.6. The molecule has 0 saturated heterocycles. The first-order valence-corrected chi connectivity index (χ1v) is 5.96. The molecule has 0 aliphatic rings. The normalized spacial score (nSPS) is 12.7. The van der Waals surface area contributed by atoms with Crippen molar-refractivity contribution in [3.63, 3.8) is 0 Å². The minimum Gasteiger partial charge on any atom is -0.262 e. The molecule has 1 aromatic heterocycles. The lowest BCUT2D eigenvalue weighted by atomic mass is 10.0. The lowest BCUT2D eigenvalue weighted by Gasteiger charge is -2.19. The van der Waals surface area contributed by atoms with Crippen LogP contribution >= 0.6 is 11.6 Å². The van der Waals surface area contributed by atoms with Gasteiger partial charge in [0, 0.05) is 16.9 Å². The SMILES string of the molecule is CC[C@@H](c1cc(F)ccc1Cl)n1nccc1C. The van der Waals surface area contributed by atoms with Crippen molar-refractivity contribution in [2.24, 2.45) is 0 Å². The minimum atomic E-state index is -0.271. The van der Waals surface area contributed by atoms with Crippen molar-refractivity contribution < 1.29 is 4.39 Å². The summed E-state index contributed by atoms with van der Waals surface area (Å²) >= 11 is 6.13. The molecule has 1 atom stereocenters. The zero-order chi connectivity index (χ0) is 12.4. The number of hydrogen-bond donors (Lipinski definition) is 0. The van der Waals surface area contributed by atoms with Crippen molar-refractivity contribution in [3.05, 3.63) is 52.6 Å². The molecule has 0 N–H and O–H groups in total. The molecule has 0 unspecified atom stereocenters. The van der Waals surface area contributed by atoms with Crippen molar-refractivity contribution in [3.8, 4) is 0 Å². The van der Waals surface area contributed by atoms with Crippen LogP contribution in [0.2, 0.25) is 5.02 Å². The molecule has 0 amide bonds. The quantitative estimate of drug-likeness (QED) is 0.808. The standard InChI is InChI=1S/C13H14ClFN2/c1-3-13(17-9(2)6-7-16-17)11-8-10(15)4-5-12(11)14/h4-8,13H,3H2,1-2H3/t13-/m0/s1. The molecule has 0 aliphatic carbocycles. The van der Waals surface area contributed by atoms with Crippen LogP contribution in [-0.4, -0.2) is 9.78 Å². The Morgan fingerprint density at radius 3 is 2.76 bits per heavy atom. The van der Waals surface area contributed by atoms with Gasteiger partial charge in [-0.1, -0.05) is 18.5 Å². The van der Waals surface area contributed by atoms with Crippen LogP contribution in [0.4, 0.5) is 4.39 Å². The molecule has 2 nitrogen and oxygen atoms in total. The van der Waals surface area contributed by atoms with E-state index >= 15 is 0 Å². The van der Waals surface area contributed by atoms with Gasteiger partial charge in [-0.25, -0.2) is 4.39 Å². The third kappa shape index (κ3) is 2.34. The minimum absolute atomic E-state index is 0.0202. The maximum absolute atomic E-state index is 13.3. The van der Waals surface area contributed by atoms with Gasteiger partial charge < -0.3 is 0 Å². The third-order valence-corrected chi connectivity index (χ3v) is 3.21. The molecule has 1 heterocycles. The van der Waals surface area contributed by atoms with Gasteiger partial charge in [0.1, 0.15) is 5.82 Å². The van der Waals surface area contributed by atoms with Gasteiger partial charge >= 0.3 is 0 Å². The van der Waals surface area contributed by atoms with Gasteiger partial charge in [0.25, 0.3) is 0 Å². The van der Waals surface area contributed by atoms with E-state index in [1.54, 1.807) is 12.3 Å². The molecule has 2 aromatic rings. The van der Waals surface area contributed by atoms with Gasteiger partial charge in [0.2, 0.25) is 0 Å². The maximum atomic E-state index is 13.3. The number of benzene rings is 1. The van der Waals surface area contributed by atoms with Crippen LogP contribution in [0.3, 0.4) is 0 Å². The highest BCUT2D eigenvalue weighted by Gasteiger charge is 2.17. The summed E-state index contributed by atoms with van der Waals surface area (Å²) in [4.78, 5) is 0. The molecule has 4 heteroatoms. The lowest BCUT2D eigenvalue weighted by molar-refractivity contribution is 0.494. The predicted octanol–water partition coefficient (Wildman–Crippen LogP) is 3.98. The average molecular weight is 253 g/mol. The van der Waals surface area contributed by atoms with E-state index in [-0.39, 0.29) is 11.9 Å². The van der Waals surface area contributed by atoms with E-state index in [0.717, 1.165) is 17.7 Å². The van der Waals surface area contributed by atoms with E-state index in [0.29, 0.717) is 5.02 Å². The second-order valence-electron chi connectivity index (χ2n) is 4.01. The summed E-state index contributed by atoms with van der Waals surface area (Å²) in [5.41, 5.74) is 1.82. The van der Waals surface area contributed by atoms with Crippen LogP contribution in [0.15, 0.2) is 30.5 Å². The molecule has 17 heavy (non-hydrogen) atoms. The van der Waals surface area contributed by atoms with Crippen molar-refractivity contribution in [1.82, 2.24) is 9.78 Å². The number of halogens is 2. The largest absolute Gasteiger partial charge is 0.262 e. The van der Waals surface area contributed by atoms with Crippen molar-refractivity contribution in [1.29, 1.82) is 0 Å². The summed E-state index contributed by atoms with van der Waals surface area (Å²) in [6.45, 7) is 4.01. The Morgan fingerprint density at radius 2 is 2.18 bits per heavy atom. The summed E-state index contributed by atoms with van der Waals surface area (Å²) in [5.74, 6) is -0.271. The lowest BCUT2D eigenvalue weighted by Crippen LogP contribution is -2.13. The average Bonchev–Trinajstić information content (AvgIpc) is 2.71. The Bertz CT molecular complexity index is 522.